The molecule has 0 radical (unpaired) electrons. The maximum Gasteiger partial charge on any atom is 0.262 e. The number of carbonyl (C=O) groups excluding carboxylic acids is 1. The van der Waals surface area contributed by atoms with Crippen molar-refractivity contribution in [3.63, 3.8) is 0 Å². The van der Waals surface area contributed by atoms with E-state index in [4.69, 9.17) is 4.74 Å². The zero-order valence-corrected chi connectivity index (χ0v) is 12.7. The summed E-state index contributed by atoms with van der Waals surface area (Å²) in [5.74, 6) is 0.0236. The van der Waals surface area contributed by atoms with Gasteiger partial charge in [0.2, 0.25) is 0 Å². The van der Waals surface area contributed by atoms with E-state index in [9.17, 15) is 9.18 Å². The van der Waals surface area contributed by atoms with Gasteiger partial charge < -0.3 is 10.1 Å². The van der Waals surface area contributed by atoms with Gasteiger partial charge in [0.1, 0.15) is 11.6 Å². The lowest BCUT2D eigenvalue weighted by atomic mass is 10.1. The van der Waals surface area contributed by atoms with Gasteiger partial charge in [-0.2, -0.15) is 0 Å². The van der Waals surface area contributed by atoms with Crippen LogP contribution in [0.25, 0.3) is 10.8 Å². The van der Waals surface area contributed by atoms with Crippen LogP contribution in [0.15, 0.2) is 60.7 Å². The van der Waals surface area contributed by atoms with Crippen LogP contribution in [0, 0.1) is 12.7 Å². The summed E-state index contributed by atoms with van der Waals surface area (Å²) >= 11 is 0. The minimum absolute atomic E-state index is 0.102. The van der Waals surface area contributed by atoms with Crippen LogP contribution in [0.2, 0.25) is 0 Å². The second kappa shape index (κ2) is 6.48. The van der Waals surface area contributed by atoms with Crippen molar-refractivity contribution in [1.82, 2.24) is 0 Å². The van der Waals surface area contributed by atoms with Crippen LogP contribution < -0.4 is 10.1 Å². The molecule has 4 heteroatoms. The number of fused-ring (bicyclic) bond motifs is 1. The number of aryl methyl sites for hydroxylation is 1. The molecule has 0 aliphatic rings. The number of ether oxygens (including phenoxy) is 1. The molecule has 0 heterocycles. The summed E-state index contributed by atoms with van der Waals surface area (Å²) < 4.78 is 18.6. The number of rotatable bonds is 4. The molecule has 3 aromatic carbocycles. The molecule has 0 aliphatic carbocycles. The number of benzene rings is 3. The first-order chi connectivity index (χ1) is 11.1. The Balaban J connectivity index is 1.63. The Kier molecular flexibility index (Phi) is 4.24. The summed E-state index contributed by atoms with van der Waals surface area (Å²) in [4.78, 5) is 12.0. The van der Waals surface area contributed by atoms with Crippen LogP contribution in [-0.4, -0.2) is 12.5 Å². The SMILES string of the molecule is Cc1cc(F)ccc1NC(=O)COc1ccc2ccccc2c1. The Labute approximate surface area is 133 Å². The van der Waals surface area contributed by atoms with Crippen molar-refractivity contribution in [2.45, 2.75) is 6.92 Å². The van der Waals surface area contributed by atoms with Gasteiger partial charge in [0.05, 0.1) is 0 Å². The van der Waals surface area contributed by atoms with E-state index in [2.05, 4.69) is 5.32 Å². The zero-order chi connectivity index (χ0) is 16.2. The molecule has 0 spiro atoms. The molecule has 0 fully saturated rings. The summed E-state index contributed by atoms with van der Waals surface area (Å²) in [6.07, 6.45) is 0. The summed E-state index contributed by atoms with van der Waals surface area (Å²) in [5.41, 5.74) is 1.25. The number of anilines is 1. The number of hydrogen-bond donors (Lipinski definition) is 1. The van der Waals surface area contributed by atoms with E-state index in [1.54, 1.807) is 13.0 Å². The van der Waals surface area contributed by atoms with Crippen LogP contribution in [-0.2, 0) is 4.79 Å². The molecule has 1 N–H and O–H groups in total. The van der Waals surface area contributed by atoms with Gasteiger partial charge in [0.15, 0.2) is 6.61 Å². The number of halogens is 1. The summed E-state index contributed by atoms with van der Waals surface area (Å²) in [6.45, 7) is 1.64. The van der Waals surface area contributed by atoms with E-state index in [0.29, 0.717) is 17.0 Å². The summed E-state index contributed by atoms with van der Waals surface area (Å²) in [6, 6.07) is 17.8. The Morgan fingerprint density at radius 2 is 1.83 bits per heavy atom. The van der Waals surface area contributed by atoms with E-state index >= 15 is 0 Å². The van der Waals surface area contributed by atoms with Crippen molar-refractivity contribution < 1.29 is 13.9 Å². The van der Waals surface area contributed by atoms with Crippen molar-refractivity contribution >= 4 is 22.4 Å². The minimum atomic E-state index is -0.326. The van der Waals surface area contributed by atoms with Gasteiger partial charge in [-0.05, 0) is 53.6 Å². The molecule has 0 saturated carbocycles. The first kappa shape index (κ1) is 15.0. The predicted octanol–water partition coefficient (Wildman–Crippen LogP) is 4.30. The van der Waals surface area contributed by atoms with Gasteiger partial charge in [0.25, 0.3) is 5.91 Å². The lowest BCUT2D eigenvalue weighted by Crippen LogP contribution is -2.20. The molecule has 3 rings (SSSR count). The first-order valence-corrected chi connectivity index (χ1v) is 7.29. The highest BCUT2D eigenvalue weighted by Gasteiger charge is 2.07. The molecular formula is C19H16FNO2. The van der Waals surface area contributed by atoms with Gasteiger partial charge in [-0.3, -0.25) is 4.79 Å². The Morgan fingerprint density at radius 1 is 1.04 bits per heavy atom. The van der Waals surface area contributed by atoms with E-state index < -0.39 is 0 Å². The molecule has 3 nitrogen and oxygen atoms in total. The molecule has 23 heavy (non-hydrogen) atoms. The number of amides is 1. The van der Waals surface area contributed by atoms with E-state index in [1.807, 2.05) is 42.5 Å². The average molecular weight is 309 g/mol. The lowest BCUT2D eigenvalue weighted by Gasteiger charge is -2.10. The van der Waals surface area contributed by atoms with Crippen molar-refractivity contribution in [1.29, 1.82) is 0 Å². The Bertz CT molecular complexity index is 861. The highest BCUT2D eigenvalue weighted by molar-refractivity contribution is 5.92. The maximum atomic E-state index is 13.0. The molecule has 0 saturated heterocycles. The maximum absolute atomic E-state index is 13.0. The number of carbonyl (C=O) groups is 1. The van der Waals surface area contributed by atoms with Gasteiger partial charge >= 0.3 is 0 Å². The summed E-state index contributed by atoms with van der Waals surface area (Å²) in [5, 5.41) is 4.89. The molecule has 0 aliphatic heterocycles. The number of hydrogen-bond acceptors (Lipinski definition) is 2. The van der Waals surface area contributed by atoms with Gasteiger partial charge in [-0.25, -0.2) is 4.39 Å². The van der Waals surface area contributed by atoms with Gasteiger partial charge in [-0.1, -0.05) is 30.3 Å². The molecule has 3 aromatic rings. The van der Waals surface area contributed by atoms with Crippen molar-refractivity contribution in [2.75, 3.05) is 11.9 Å². The molecule has 0 unspecified atom stereocenters. The topological polar surface area (TPSA) is 38.3 Å². The van der Waals surface area contributed by atoms with E-state index in [-0.39, 0.29) is 18.3 Å². The first-order valence-electron chi connectivity index (χ1n) is 7.29. The quantitative estimate of drug-likeness (QED) is 0.780. The fourth-order valence-corrected chi connectivity index (χ4v) is 2.36. The minimum Gasteiger partial charge on any atom is -0.484 e. The van der Waals surface area contributed by atoms with E-state index in [0.717, 1.165) is 10.8 Å². The third kappa shape index (κ3) is 3.66. The third-order valence-corrected chi connectivity index (χ3v) is 3.55. The van der Waals surface area contributed by atoms with Crippen molar-refractivity contribution in [2.24, 2.45) is 0 Å². The molecule has 0 aromatic heterocycles. The largest absolute Gasteiger partial charge is 0.484 e. The number of nitrogens with one attached hydrogen (secondary N) is 1. The Hall–Kier alpha value is -2.88. The molecular weight excluding hydrogens is 293 g/mol. The predicted molar refractivity (Wildman–Crippen MR) is 89.2 cm³/mol. The molecule has 116 valence electrons. The monoisotopic (exact) mass is 309 g/mol. The highest BCUT2D eigenvalue weighted by atomic mass is 19.1. The van der Waals surface area contributed by atoms with Crippen molar-refractivity contribution in [3.8, 4) is 5.75 Å². The highest BCUT2D eigenvalue weighted by Crippen LogP contribution is 2.21. The standard InChI is InChI=1S/C19H16FNO2/c1-13-10-16(20)7-9-18(13)21-19(22)12-23-17-8-6-14-4-2-3-5-15(14)11-17/h2-11H,12H2,1H3,(H,21,22). The van der Waals surface area contributed by atoms with Crippen LogP contribution in [0.1, 0.15) is 5.56 Å². The molecule has 0 bridgehead atoms. The van der Waals surface area contributed by atoms with Crippen LogP contribution in [0.4, 0.5) is 10.1 Å². The van der Waals surface area contributed by atoms with Crippen LogP contribution in [0.3, 0.4) is 0 Å². The second-order valence-electron chi connectivity index (χ2n) is 5.31. The lowest BCUT2D eigenvalue weighted by molar-refractivity contribution is -0.118. The van der Waals surface area contributed by atoms with Crippen LogP contribution >= 0.6 is 0 Å². The smallest absolute Gasteiger partial charge is 0.262 e. The normalized spacial score (nSPS) is 10.5. The summed E-state index contributed by atoms with van der Waals surface area (Å²) in [7, 11) is 0. The Morgan fingerprint density at radius 3 is 2.61 bits per heavy atom. The molecule has 1 amide bonds. The van der Waals surface area contributed by atoms with E-state index in [1.165, 1.54) is 12.1 Å². The van der Waals surface area contributed by atoms with Gasteiger partial charge in [-0.15, -0.1) is 0 Å². The zero-order valence-electron chi connectivity index (χ0n) is 12.7. The fourth-order valence-electron chi connectivity index (χ4n) is 2.36. The molecule has 0 atom stereocenters. The average Bonchev–Trinajstić information content (AvgIpc) is 2.55. The van der Waals surface area contributed by atoms with Crippen LogP contribution in [0.5, 0.6) is 5.75 Å². The fraction of sp³-hybridized carbons (Fsp3) is 0.105. The third-order valence-electron chi connectivity index (χ3n) is 3.55. The van der Waals surface area contributed by atoms with Gasteiger partial charge in [0, 0.05) is 5.69 Å². The second-order valence-corrected chi connectivity index (χ2v) is 5.31. The van der Waals surface area contributed by atoms with Crippen molar-refractivity contribution in [3.05, 3.63) is 72.0 Å².